The maximum absolute atomic E-state index is 12.2. The predicted molar refractivity (Wildman–Crippen MR) is 74.1 cm³/mol. The molecular formula is C15H17F3N2O2. The molecule has 120 valence electrons. The number of hydrogen-bond donors (Lipinski definition) is 1. The molecule has 4 nitrogen and oxygen atoms in total. The summed E-state index contributed by atoms with van der Waals surface area (Å²) in [6.07, 6.45) is -3.68. The topological polar surface area (TPSA) is 49.4 Å². The van der Waals surface area contributed by atoms with E-state index in [-0.39, 0.29) is 18.4 Å². The molecule has 0 aliphatic carbocycles. The molecule has 1 aliphatic heterocycles. The molecule has 0 saturated carbocycles. The van der Waals surface area contributed by atoms with Crippen LogP contribution in [0.2, 0.25) is 0 Å². The van der Waals surface area contributed by atoms with Crippen molar-refractivity contribution in [2.24, 2.45) is 5.92 Å². The predicted octanol–water partition coefficient (Wildman–Crippen LogP) is 2.22. The number of likely N-dealkylation sites (tertiary alicyclic amines) is 1. The first-order valence-corrected chi connectivity index (χ1v) is 7.07. The van der Waals surface area contributed by atoms with E-state index in [0.29, 0.717) is 31.5 Å². The van der Waals surface area contributed by atoms with Crippen molar-refractivity contribution in [3.63, 3.8) is 0 Å². The molecule has 1 saturated heterocycles. The fraction of sp³-hybridized carbons (Fsp3) is 0.467. The second-order valence-electron chi connectivity index (χ2n) is 5.31. The van der Waals surface area contributed by atoms with Gasteiger partial charge in [0.25, 0.3) is 5.91 Å². The van der Waals surface area contributed by atoms with Crippen LogP contribution in [0.5, 0.6) is 0 Å². The Morgan fingerprint density at radius 1 is 1.14 bits per heavy atom. The highest BCUT2D eigenvalue weighted by atomic mass is 19.4. The van der Waals surface area contributed by atoms with Crippen LogP contribution < -0.4 is 5.32 Å². The van der Waals surface area contributed by atoms with E-state index in [1.165, 1.54) is 0 Å². The van der Waals surface area contributed by atoms with Crippen molar-refractivity contribution in [1.82, 2.24) is 10.2 Å². The van der Waals surface area contributed by atoms with Crippen LogP contribution in [0, 0.1) is 5.92 Å². The standard InChI is InChI=1S/C15H17F3N2O2/c16-15(17,18)14(22)19-10-11-6-8-20(9-7-11)13(21)12-4-2-1-3-5-12/h1-5,11H,6-10H2,(H,19,22). The van der Waals surface area contributed by atoms with Crippen LogP contribution in [-0.4, -0.2) is 42.5 Å². The van der Waals surface area contributed by atoms with Crippen molar-refractivity contribution in [3.05, 3.63) is 35.9 Å². The van der Waals surface area contributed by atoms with Gasteiger partial charge in [-0.2, -0.15) is 13.2 Å². The van der Waals surface area contributed by atoms with E-state index in [9.17, 15) is 22.8 Å². The third-order valence-electron chi connectivity index (χ3n) is 3.73. The lowest BCUT2D eigenvalue weighted by Gasteiger charge is -2.32. The van der Waals surface area contributed by atoms with Gasteiger partial charge in [0, 0.05) is 25.2 Å². The highest BCUT2D eigenvalue weighted by Gasteiger charge is 2.38. The number of nitrogens with zero attached hydrogens (tertiary/aromatic N) is 1. The summed E-state index contributed by atoms with van der Waals surface area (Å²) >= 11 is 0. The third-order valence-corrected chi connectivity index (χ3v) is 3.73. The minimum absolute atomic E-state index is 0.00822. The lowest BCUT2D eigenvalue weighted by Crippen LogP contribution is -2.44. The van der Waals surface area contributed by atoms with Gasteiger partial charge in [-0.1, -0.05) is 18.2 Å². The van der Waals surface area contributed by atoms with Gasteiger partial charge in [0.1, 0.15) is 0 Å². The average Bonchev–Trinajstić information content (AvgIpc) is 2.52. The summed E-state index contributed by atoms with van der Waals surface area (Å²) in [5.74, 6) is -2.01. The number of halogens is 3. The molecule has 0 atom stereocenters. The lowest BCUT2D eigenvalue weighted by molar-refractivity contribution is -0.173. The van der Waals surface area contributed by atoms with E-state index in [4.69, 9.17) is 0 Å². The van der Waals surface area contributed by atoms with Crippen LogP contribution in [-0.2, 0) is 4.79 Å². The maximum atomic E-state index is 12.2. The fourth-order valence-electron chi connectivity index (χ4n) is 2.44. The maximum Gasteiger partial charge on any atom is 0.471 e. The molecule has 22 heavy (non-hydrogen) atoms. The first-order valence-electron chi connectivity index (χ1n) is 7.07. The van der Waals surface area contributed by atoms with Crippen LogP contribution in [0.3, 0.4) is 0 Å². The molecule has 0 unspecified atom stereocenters. The van der Waals surface area contributed by atoms with E-state index < -0.39 is 12.1 Å². The molecule has 0 bridgehead atoms. The molecule has 0 aromatic heterocycles. The van der Waals surface area contributed by atoms with Gasteiger partial charge in [0.2, 0.25) is 0 Å². The Balaban J connectivity index is 1.79. The number of hydrogen-bond acceptors (Lipinski definition) is 2. The van der Waals surface area contributed by atoms with E-state index in [2.05, 4.69) is 0 Å². The Kier molecular flexibility index (Phi) is 5.05. The number of rotatable bonds is 3. The Labute approximate surface area is 126 Å². The van der Waals surface area contributed by atoms with Crippen molar-refractivity contribution in [2.45, 2.75) is 19.0 Å². The van der Waals surface area contributed by atoms with Gasteiger partial charge < -0.3 is 10.2 Å². The van der Waals surface area contributed by atoms with Gasteiger partial charge in [-0.15, -0.1) is 0 Å². The number of benzene rings is 1. The number of alkyl halides is 3. The summed E-state index contributed by atoms with van der Waals surface area (Å²) in [6.45, 7) is 0.965. The van der Waals surface area contributed by atoms with Crippen molar-refractivity contribution in [1.29, 1.82) is 0 Å². The van der Waals surface area contributed by atoms with E-state index in [1.54, 1.807) is 29.2 Å². The van der Waals surface area contributed by atoms with Crippen molar-refractivity contribution >= 4 is 11.8 Å². The molecule has 1 heterocycles. The zero-order chi connectivity index (χ0) is 16.2. The number of carbonyl (C=O) groups is 2. The zero-order valence-electron chi connectivity index (χ0n) is 11.9. The van der Waals surface area contributed by atoms with Crippen molar-refractivity contribution < 1.29 is 22.8 Å². The first-order chi connectivity index (χ1) is 10.4. The number of piperidine rings is 1. The van der Waals surface area contributed by atoms with Gasteiger partial charge >= 0.3 is 12.1 Å². The highest BCUT2D eigenvalue weighted by Crippen LogP contribution is 2.19. The van der Waals surface area contributed by atoms with Crippen LogP contribution in [0.25, 0.3) is 0 Å². The summed E-state index contributed by atoms with van der Waals surface area (Å²) in [5, 5.41) is 1.90. The molecule has 1 fully saturated rings. The van der Waals surface area contributed by atoms with Crippen LogP contribution >= 0.6 is 0 Å². The van der Waals surface area contributed by atoms with Crippen LogP contribution in [0.4, 0.5) is 13.2 Å². The Morgan fingerprint density at radius 2 is 1.73 bits per heavy atom. The van der Waals surface area contributed by atoms with Gasteiger partial charge in [-0.05, 0) is 30.9 Å². The largest absolute Gasteiger partial charge is 0.471 e. The Hall–Kier alpha value is -2.05. The molecule has 7 heteroatoms. The van der Waals surface area contributed by atoms with Crippen LogP contribution in [0.15, 0.2) is 30.3 Å². The molecule has 1 aliphatic rings. The van der Waals surface area contributed by atoms with E-state index in [1.807, 2.05) is 11.4 Å². The SMILES string of the molecule is O=C(c1ccccc1)N1CCC(CNC(=O)C(F)(F)F)CC1. The van der Waals surface area contributed by atoms with Crippen LogP contribution in [0.1, 0.15) is 23.2 Å². The second-order valence-corrected chi connectivity index (χ2v) is 5.31. The molecular weight excluding hydrogens is 297 g/mol. The van der Waals surface area contributed by atoms with E-state index in [0.717, 1.165) is 0 Å². The quantitative estimate of drug-likeness (QED) is 0.930. The number of amides is 2. The molecule has 2 rings (SSSR count). The normalized spacial score (nSPS) is 16.4. The third kappa shape index (κ3) is 4.22. The molecule has 1 aromatic rings. The average molecular weight is 314 g/mol. The molecule has 1 aromatic carbocycles. The Morgan fingerprint density at radius 3 is 2.27 bits per heavy atom. The molecule has 2 amide bonds. The highest BCUT2D eigenvalue weighted by molar-refractivity contribution is 5.94. The fourth-order valence-corrected chi connectivity index (χ4v) is 2.44. The van der Waals surface area contributed by atoms with Crippen molar-refractivity contribution in [3.8, 4) is 0 Å². The molecule has 0 radical (unpaired) electrons. The van der Waals surface area contributed by atoms with E-state index >= 15 is 0 Å². The summed E-state index contributed by atoms with van der Waals surface area (Å²) in [4.78, 5) is 24.7. The zero-order valence-corrected chi connectivity index (χ0v) is 11.9. The summed E-state index contributed by atoms with van der Waals surface area (Å²) in [5.41, 5.74) is 0.603. The van der Waals surface area contributed by atoms with Crippen molar-refractivity contribution in [2.75, 3.05) is 19.6 Å². The van der Waals surface area contributed by atoms with Gasteiger partial charge in [-0.25, -0.2) is 0 Å². The lowest BCUT2D eigenvalue weighted by atomic mass is 9.96. The summed E-state index contributed by atoms with van der Waals surface area (Å²) < 4.78 is 36.3. The summed E-state index contributed by atoms with van der Waals surface area (Å²) in [7, 11) is 0. The van der Waals surface area contributed by atoms with Gasteiger partial charge in [0.05, 0.1) is 0 Å². The first kappa shape index (κ1) is 16.3. The summed E-state index contributed by atoms with van der Waals surface area (Å²) in [6, 6.07) is 8.86. The Bertz CT molecular complexity index is 523. The minimum atomic E-state index is -4.84. The smallest absolute Gasteiger partial charge is 0.348 e. The number of nitrogens with one attached hydrogen (secondary N) is 1. The van der Waals surface area contributed by atoms with Gasteiger partial charge in [-0.3, -0.25) is 9.59 Å². The monoisotopic (exact) mass is 314 g/mol. The minimum Gasteiger partial charge on any atom is -0.348 e. The second kappa shape index (κ2) is 6.81. The molecule has 0 spiro atoms. The number of carbonyl (C=O) groups excluding carboxylic acids is 2. The molecule has 1 N–H and O–H groups in total. The van der Waals surface area contributed by atoms with Gasteiger partial charge in [0.15, 0.2) is 0 Å².